The molecule has 0 spiro atoms. The molecule has 1 aromatic carbocycles. The average Bonchev–Trinajstić information content (AvgIpc) is 2.44. The summed E-state index contributed by atoms with van der Waals surface area (Å²) in [7, 11) is 1.46. The summed E-state index contributed by atoms with van der Waals surface area (Å²) in [6, 6.07) is 2.95. The maximum atomic E-state index is 12.3. The molecule has 0 saturated carbocycles. The van der Waals surface area contributed by atoms with Crippen LogP contribution >= 0.6 is 0 Å². The smallest absolute Gasteiger partial charge is 0.310 e. The van der Waals surface area contributed by atoms with E-state index in [9.17, 15) is 14.7 Å². The van der Waals surface area contributed by atoms with Gasteiger partial charge in [-0.2, -0.15) is 0 Å². The van der Waals surface area contributed by atoms with Gasteiger partial charge < -0.3 is 14.6 Å². The first-order valence-electron chi connectivity index (χ1n) is 7.31. The normalized spacial score (nSPS) is 21.1. The second kappa shape index (κ2) is 7.11. The monoisotopic (exact) mass is 304 g/mol. The van der Waals surface area contributed by atoms with Crippen LogP contribution in [0.2, 0.25) is 0 Å². The first kappa shape index (κ1) is 16.1. The fourth-order valence-electron chi connectivity index (χ4n) is 2.48. The van der Waals surface area contributed by atoms with Crippen molar-refractivity contribution in [3.05, 3.63) is 35.4 Å². The number of fused-ring (bicyclic) bond motifs is 1. The molecular formula is C17H20O5. The Morgan fingerprint density at radius 3 is 2.82 bits per heavy atom. The fraction of sp³-hybridized carbons (Fsp3) is 0.412. The van der Waals surface area contributed by atoms with E-state index in [2.05, 4.69) is 0 Å². The van der Waals surface area contributed by atoms with Gasteiger partial charge in [-0.25, -0.2) is 0 Å². The van der Waals surface area contributed by atoms with Crippen molar-refractivity contribution in [1.29, 1.82) is 0 Å². The standard InChI is InChI=1S/C17H20O5/c1-11-6-4-3-5-7-14(18)17-12(9-16(20)22-11)8-13(21-2)10-15(17)19/h5,7-8,10-11,19H,3-4,6,9H2,1-2H3/b7-5+. The van der Waals surface area contributed by atoms with Crippen molar-refractivity contribution in [2.45, 2.75) is 38.7 Å². The number of phenols is 1. The van der Waals surface area contributed by atoms with Gasteiger partial charge in [-0.05, 0) is 43.9 Å². The molecule has 2 rings (SSSR count). The Balaban J connectivity index is 2.45. The molecule has 1 aliphatic heterocycles. The van der Waals surface area contributed by atoms with Crippen LogP contribution in [0.25, 0.3) is 0 Å². The predicted molar refractivity (Wildman–Crippen MR) is 81.2 cm³/mol. The maximum Gasteiger partial charge on any atom is 0.310 e. The highest BCUT2D eigenvalue weighted by molar-refractivity contribution is 6.08. The molecule has 0 aliphatic carbocycles. The average molecular weight is 304 g/mol. The van der Waals surface area contributed by atoms with Crippen molar-refractivity contribution in [3.8, 4) is 11.5 Å². The van der Waals surface area contributed by atoms with Crippen LogP contribution in [0.1, 0.15) is 42.1 Å². The van der Waals surface area contributed by atoms with Gasteiger partial charge in [-0.15, -0.1) is 0 Å². The summed E-state index contributed by atoms with van der Waals surface area (Å²) >= 11 is 0. The van der Waals surface area contributed by atoms with Gasteiger partial charge in [-0.3, -0.25) is 9.59 Å². The van der Waals surface area contributed by atoms with Gasteiger partial charge in [-0.1, -0.05) is 6.08 Å². The molecule has 0 bridgehead atoms. The Morgan fingerprint density at radius 2 is 2.09 bits per heavy atom. The van der Waals surface area contributed by atoms with Crippen molar-refractivity contribution >= 4 is 11.8 Å². The van der Waals surface area contributed by atoms with E-state index < -0.39 is 5.97 Å². The van der Waals surface area contributed by atoms with Crippen molar-refractivity contribution in [2.75, 3.05) is 7.11 Å². The minimum absolute atomic E-state index is 0.0794. The van der Waals surface area contributed by atoms with E-state index in [4.69, 9.17) is 9.47 Å². The summed E-state index contributed by atoms with van der Waals surface area (Å²) in [5, 5.41) is 10.1. The zero-order valence-corrected chi connectivity index (χ0v) is 12.8. The highest BCUT2D eigenvalue weighted by atomic mass is 16.5. The minimum atomic E-state index is -0.418. The Hall–Kier alpha value is -2.30. The largest absolute Gasteiger partial charge is 0.507 e. The van der Waals surface area contributed by atoms with Gasteiger partial charge in [0.05, 0.1) is 25.2 Å². The second-order valence-electron chi connectivity index (χ2n) is 5.36. The van der Waals surface area contributed by atoms with E-state index in [0.29, 0.717) is 11.3 Å². The fourth-order valence-corrected chi connectivity index (χ4v) is 2.48. The van der Waals surface area contributed by atoms with Crippen molar-refractivity contribution in [1.82, 2.24) is 0 Å². The first-order chi connectivity index (χ1) is 10.5. The van der Waals surface area contributed by atoms with E-state index in [0.717, 1.165) is 19.3 Å². The van der Waals surface area contributed by atoms with E-state index in [1.807, 2.05) is 6.92 Å². The zero-order valence-electron chi connectivity index (χ0n) is 12.8. The third kappa shape index (κ3) is 3.87. The zero-order chi connectivity index (χ0) is 16.1. The van der Waals surface area contributed by atoms with E-state index >= 15 is 0 Å². The van der Waals surface area contributed by atoms with Gasteiger partial charge in [0.1, 0.15) is 11.5 Å². The Kier molecular flexibility index (Phi) is 5.20. The van der Waals surface area contributed by atoms with Crippen LogP contribution in [-0.2, 0) is 16.0 Å². The Labute approximate surface area is 129 Å². The number of phenolic OH excluding ortho intramolecular Hbond substituents is 1. The van der Waals surface area contributed by atoms with Gasteiger partial charge in [0, 0.05) is 6.07 Å². The number of ketones is 1. The number of hydrogen-bond acceptors (Lipinski definition) is 5. The van der Waals surface area contributed by atoms with E-state index in [1.165, 1.54) is 19.3 Å². The summed E-state index contributed by atoms with van der Waals surface area (Å²) in [5.74, 6) is -0.543. The molecule has 0 saturated heterocycles. The van der Waals surface area contributed by atoms with Gasteiger partial charge in [0.25, 0.3) is 0 Å². The molecule has 1 heterocycles. The third-order valence-corrected chi connectivity index (χ3v) is 3.57. The lowest BCUT2D eigenvalue weighted by Crippen LogP contribution is -2.18. The predicted octanol–water partition coefficient (Wildman–Crippen LogP) is 2.80. The number of allylic oxidation sites excluding steroid dienone is 2. The number of aromatic hydroxyl groups is 1. The molecule has 5 nitrogen and oxygen atoms in total. The molecule has 118 valence electrons. The first-order valence-corrected chi connectivity index (χ1v) is 7.31. The molecule has 1 aliphatic rings. The second-order valence-corrected chi connectivity index (χ2v) is 5.36. The number of esters is 1. The number of methoxy groups -OCH3 is 1. The molecule has 1 atom stereocenters. The number of carbonyl (C=O) groups excluding carboxylic acids is 2. The van der Waals surface area contributed by atoms with Crippen LogP contribution in [0.5, 0.6) is 11.5 Å². The molecule has 1 aromatic rings. The number of cyclic esters (lactones) is 1. The minimum Gasteiger partial charge on any atom is -0.507 e. The highest BCUT2D eigenvalue weighted by Gasteiger charge is 2.20. The molecule has 0 radical (unpaired) electrons. The molecule has 0 aromatic heterocycles. The van der Waals surface area contributed by atoms with Crippen molar-refractivity contribution in [2.24, 2.45) is 0 Å². The lowest BCUT2D eigenvalue weighted by atomic mass is 9.98. The number of benzene rings is 1. The van der Waals surface area contributed by atoms with E-state index in [-0.39, 0.29) is 29.6 Å². The number of ether oxygens (including phenoxy) is 2. The summed E-state index contributed by atoms with van der Waals surface area (Å²) < 4.78 is 10.4. The summed E-state index contributed by atoms with van der Waals surface area (Å²) in [6.45, 7) is 1.85. The molecule has 1 N–H and O–H groups in total. The number of hydrogen-bond donors (Lipinski definition) is 1. The van der Waals surface area contributed by atoms with Crippen molar-refractivity contribution in [3.63, 3.8) is 0 Å². The van der Waals surface area contributed by atoms with Crippen LogP contribution in [0.3, 0.4) is 0 Å². The molecule has 1 unspecified atom stereocenters. The van der Waals surface area contributed by atoms with Crippen molar-refractivity contribution < 1.29 is 24.2 Å². The van der Waals surface area contributed by atoms with Crippen LogP contribution in [-0.4, -0.2) is 30.1 Å². The van der Waals surface area contributed by atoms with Gasteiger partial charge in [0.2, 0.25) is 0 Å². The Bertz CT molecular complexity index is 603. The SMILES string of the molecule is COc1cc(O)c2c(c1)CC(=O)OC(C)CCC/C=C/C2=O. The molecule has 5 heteroatoms. The van der Waals surface area contributed by atoms with E-state index in [1.54, 1.807) is 12.1 Å². The van der Waals surface area contributed by atoms with Gasteiger partial charge >= 0.3 is 5.97 Å². The molecule has 22 heavy (non-hydrogen) atoms. The van der Waals surface area contributed by atoms with Crippen LogP contribution in [0.15, 0.2) is 24.3 Å². The summed E-state index contributed by atoms with van der Waals surface area (Å²) in [4.78, 5) is 24.3. The lowest BCUT2D eigenvalue weighted by Gasteiger charge is -2.15. The third-order valence-electron chi connectivity index (χ3n) is 3.57. The lowest BCUT2D eigenvalue weighted by molar-refractivity contribution is -0.147. The molecule has 0 amide bonds. The quantitative estimate of drug-likeness (QED) is 0.808. The number of carbonyl (C=O) groups is 2. The van der Waals surface area contributed by atoms with Crippen LogP contribution in [0, 0.1) is 0 Å². The topological polar surface area (TPSA) is 72.8 Å². The van der Waals surface area contributed by atoms with Crippen LogP contribution in [0.4, 0.5) is 0 Å². The summed E-state index contributed by atoms with van der Waals surface area (Å²) in [5.41, 5.74) is 0.534. The molecule has 0 fully saturated rings. The Morgan fingerprint density at radius 1 is 1.32 bits per heavy atom. The highest BCUT2D eigenvalue weighted by Crippen LogP contribution is 2.29. The summed E-state index contributed by atoms with van der Waals surface area (Å²) in [6.07, 6.45) is 5.29. The maximum absolute atomic E-state index is 12.3. The molecular weight excluding hydrogens is 284 g/mol. The van der Waals surface area contributed by atoms with Crippen LogP contribution < -0.4 is 4.74 Å². The van der Waals surface area contributed by atoms with Gasteiger partial charge in [0.15, 0.2) is 5.78 Å². The number of rotatable bonds is 1.